The molecule has 0 saturated carbocycles. The third-order valence-corrected chi connectivity index (χ3v) is 2.90. The first-order valence-electron chi connectivity index (χ1n) is 5.34. The fraction of sp³-hybridized carbons (Fsp3) is 0.143. The summed E-state index contributed by atoms with van der Waals surface area (Å²) in [5.41, 5.74) is 1.20. The van der Waals surface area contributed by atoms with Gasteiger partial charge in [0.15, 0.2) is 0 Å². The second-order valence-corrected chi connectivity index (χ2v) is 4.26. The lowest BCUT2D eigenvalue weighted by Crippen LogP contribution is -2.04. The molecule has 0 aromatic heterocycles. The van der Waals surface area contributed by atoms with Crippen molar-refractivity contribution >= 4 is 11.6 Å². The highest BCUT2D eigenvalue weighted by Crippen LogP contribution is 2.25. The average Bonchev–Trinajstić information content (AvgIpc) is 2.34. The zero-order valence-corrected chi connectivity index (χ0v) is 9.86. The Morgan fingerprint density at radius 2 is 1.76 bits per heavy atom. The monoisotopic (exact) mass is 250 g/mol. The first kappa shape index (κ1) is 12.1. The standard InChI is InChI=1S/C14H12ClFO/c15-12-8-4-7-11(14(12)16)13(17)9-10-5-2-1-3-6-10/h1-8,13,17H,9H2. The van der Waals surface area contributed by atoms with Gasteiger partial charge in [0.2, 0.25) is 0 Å². The Labute approximate surface area is 104 Å². The van der Waals surface area contributed by atoms with Crippen LogP contribution in [0.25, 0.3) is 0 Å². The van der Waals surface area contributed by atoms with E-state index in [-0.39, 0.29) is 10.6 Å². The van der Waals surface area contributed by atoms with Gasteiger partial charge < -0.3 is 5.11 Å². The zero-order valence-electron chi connectivity index (χ0n) is 9.11. The lowest BCUT2D eigenvalue weighted by atomic mass is 10.0. The van der Waals surface area contributed by atoms with Crippen LogP contribution in [0.1, 0.15) is 17.2 Å². The number of aliphatic hydroxyl groups excluding tert-OH is 1. The Kier molecular flexibility index (Phi) is 3.77. The van der Waals surface area contributed by atoms with Crippen LogP contribution in [0.15, 0.2) is 48.5 Å². The fourth-order valence-electron chi connectivity index (χ4n) is 1.73. The van der Waals surface area contributed by atoms with Gasteiger partial charge in [-0.15, -0.1) is 0 Å². The van der Waals surface area contributed by atoms with Crippen LogP contribution >= 0.6 is 11.6 Å². The minimum atomic E-state index is -0.879. The molecule has 0 radical (unpaired) electrons. The minimum Gasteiger partial charge on any atom is -0.388 e. The van der Waals surface area contributed by atoms with Crippen LogP contribution in [0.5, 0.6) is 0 Å². The number of benzene rings is 2. The number of hydrogen-bond acceptors (Lipinski definition) is 1. The van der Waals surface area contributed by atoms with Gasteiger partial charge in [-0.1, -0.05) is 54.1 Å². The molecule has 0 aliphatic heterocycles. The van der Waals surface area contributed by atoms with Gasteiger partial charge in [0.1, 0.15) is 5.82 Å². The van der Waals surface area contributed by atoms with Gasteiger partial charge in [0, 0.05) is 12.0 Å². The SMILES string of the molecule is OC(Cc1ccccc1)c1cccc(Cl)c1F. The smallest absolute Gasteiger partial charge is 0.147 e. The third kappa shape index (κ3) is 2.84. The summed E-state index contributed by atoms with van der Waals surface area (Å²) in [5, 5.41) is 10.0. The van der Waals surface area contributed by atoms with E-state index < -0.39 is 11.9 Å². The van der Waals surface area contributed by atoms with E-state index in [0.717, 1.165) is 5.56 Å². The molecule has 17 heavy (non-hydrogen) atoms. The van der Waals surface area contributed by atoms with Gasteiger partial charge in [-0.05, 0) is 11.6 Å². The zero-order chi connectivity index (χ0) is 12.3. The Morgan fingerprint density at radius 3 is 2.47 bits per heavy atom. The summed E-state index contributed by atoms with van der Waals surface area (Å²) in [6.07, 6.45) is -0.505. The highest BCUT2D eigenvalue weighted by molar-refractivity contribution is 6.30. The molecule has 0 amide bonds. The number of halogens is 2. The fourth-order valence-corrected chi connectivity index (χ4v) is 1.91. The van der Waals surface area contributed by atoms with Gasteiger partial charge in [-0.25, -0.2) is 4.39 Å². The van der Waals surface area contributed by atoms with Gasteiger partial charge in [-0.2, -0.15) is 0 Å². The van der Waals surface area contributed by atoms with E-state index in [9.17, 15) is 9.50 Å². The van der Waals surface area contributed by atoms with Crippen LogP contribution in [0.2, 0.25) is 5.02 Å². The van der Waals surface area contributed by atoms with Gasteiger partial charge in [-0.3, -0.25) is 0 Å². The molecule has 0 aliphatic rings. The van der Waals surface area contributed by atoms with Crippen molar-refractivity contribution in [1.29, 1.82) is 0 Å². The van der Waals surface area contributed by atoms with Crippen molar-refractivity contribution in [1.82, 2.24) is 0 Å². The molecule has 1 nitrogen and oxygen atoms in total. The molecule has 1 N–H and O–H groups in total. The van der Waals surface area contributed by atoms with Crippen LogP contribution < -0.4 is 0 Å². The summed E-state index contributed by atoms with van der Waals surface area (Å²) < 4.78 is 13.7. The molecule has 2 aromatic carbocycles. The molecule has 0 fully saturated rings. The lowest BCUT2D eigenvalue weighted by Gasteiger charge is -2.12. The van der Waals surface area contributed by atoms with Gasteiger partial charge >= 0.3 is 0 Å². The predicted octanol–water partition coefficient (Wildman–Crippen LogP) is 3.76. The molecule has 3 heteroatoms. The third-order valence-electron chi connectivity index (χ3n) is 2.61. The van der Waals surface area contributed by atoms with E-state index in [1.165, 1.54) is 6.07 Å². The number of rotatable bonds is 3. The molecular weight excluding hydrogens is 239 g/mol. The topological polar surface area (TPSA) is 20.2 Å². The Balaban J connectivity index is 2.20. The largest absolute Gasteiger partial charge is 0.388 e. The molecule has 0 saturated heterocycles. The summed E-state index contributed by atoms with van der Waals surface area (Å²) in [7, 11) is 0. The first-order chi connectivity index (χ1) is 8.18. The van der Waals surface area contributed by atoms with Crippen LogP contribution in [0, 0.1) is 5.82 Å². The second-order valence-electron chi connectivity index (χ2n) is 3.85. The number of hydrogen-bond donors (Lipinski definition) is 1. The molecule has 88 valence electrons. The molecule has 2 aromatic rings. The van der Waals surface area contributed by atoms with Crippen molar-refractivity contribution in [3.05, 3.63) is 70.5 Å². The number of aliphatic hydroxyl groups is 1. The molecular formula is C14H12ClFO. The maximum absolute atomic E-state index is 13.7. The van der Waals surface area contributed by atoms with E-state index in [4.69, 9.17) is 11.6 Å². The highest BCUT2D eigenvalue weighted by atomic mass is 35.5. The lowest BCUT2D eigenvalue weighted by molar-refractivity contribution is 0.173. The molecule has 0 spiro atoms. The molecule has 1 atom stereocenters. The van der Waals surface area contributed by atoms with Crippen molar-refractivity contribution in [3.63, 3.8) is 0 Å². The van der Waals surface area contributed by atoms with Gasteiger partial charge in [0.25, 0.3) is 0 Å². The minimum absolute atomic E-state index is 0.0367. The maximum atomic E-state index is 13.7. The van der Waals surface area contributed by atoms with Crippen molar-refractivity contribution < 1.29 is 9.50 Å². The van der Waals surface area contributed by atoms with Crippen molar-refractivity contribution in [2.45, 2.75) is 12.5 Å². The van der Waals surface area contributed by atoms with E-state index in [1.54, 1.807) is 12.1 Å². The van der Waals surface area contributed by atoms with Crippen LogP contribution in [0.3, 0.4) is 0 Å². The molecule has 2 rings (SSSR count). The van der Waals surface area contributed by atoms with E-state index in [2.05, 4.69) is 0 Å². The summed E-state index contributed by atoms with van der Waals surface area (Å²) in [6.45, 7) is 0. The normalized spacial score (nSPS) is 12.4. The van der Waals surface area contributed by atoms with E-state index >= 15 is 0 Å². The van der Waals surface area contributed by atoms with Crippen molar-refractivity contribution in [2.75, 3.05) is 0 Å². The Hall–Kier alpha value is -1.38. The van der Waals surface area contributed by atoms with E-state index in [1.807, 2.05) is 30.3 Å². The summed E-state index contributed by atoms with van der Waals surface area (Å²) in [5.74, 6) is -0.544. The summed E-state index contributed by atoms with van der Waals surface area (Å²) >= 11 is 5.67. The maximum Gasteiger partial charge on any atom is 0.147 e. The summed E-state index contributed by atoms with van der Waals surface area (Å²) in [4.78, 5) is 0. The second kappa shape index (κ2) is 5.30. The average molecular weight is 251 g/mol. The van der Waals surface area contributed by atoms with Gasteiger partial charge in [0.05, 0.1) is 11.1 Å². The van der Waals surface area contributed by atoms with Crippen molar-refractivity contribution in [2.24, 2.45) is 0 Å². The first-order valence-corrected chi connectivity index (χ1v) is 5.72. The Morgan fingerprint density at radius 1 is 1.06 bits per heavy atom. The predicted molar refractivity (Wildman–Crippen MR) is 66.5 cm³/mol. The van der Waals surface area contributed by atoms with Crippen molar-refractivity contribution in [3.8, 4) is 0 Å². The molecule has 0 aliphatic carbocycles. The van der Waals surface area contributed by atoms with Crippen LogP contribution in [0.4, 0.5) is 4.39 Å². The van der Waals surface area contributed by atoms with Crippen LogP contribution in [-0.4, -0.2) is 5.11 Å². The molecule has 1 unspecified atom stereocenters. The molecule has 0 bridgehead atoms. The quantitative estimate of drug-likeness (QED) is 0.880. The van der Waals surface area contributed by atoms with Crippen LogP contribution in [-0.2, 0) is 6.42 Å². The molecule has 0 heterocycles. The summed E-state index contributed by atoms with van der Waals surface area (Å²) in [6, 6.07) is 14.1. The van der Waals surface area contributed by atoms with E-state index in [0.29, 0.717) is 6.42 Å². The Bertz CT molecular complexity index is 499. The highest BCUT2D eigenvalue weighted by Gasteiger charge is 2.15.